The minimum Gasteiger partial charge on any atom is -0.497 e. The van der Waals surface area contributed by atoms with Crippen LogP contribution in [0.3, 0.4) is 0 Å². The first-order valence-corrected chi connectivity index (χ1v) is 6.91. The number of benzene rings is 1. The lowest BCUT2D eigenvalue weighted by atomic mass is 10.0. The lowest BCUT2D eigenvalue weighted by Gasteiger charge is -2.36. The second kappa shape index (κ2) is 6.26. The summed E-state index contributed by atoms with van der Waals surface area (Å²) in [5, 5.41) is 0. The number of likely N-dealkylation sites (tertiary alicyclic amines) is 1. The van der Waals surface area contributed by atoms with E-state index < -0.39 is 0 Å². The van der Waals surface area contributed by atoms with Crippen LogP contribution in [-0.4, -0.2) is 50.1 Å². The number of hydrogen-bond donors (Lipinski definition) is 1. The van der Waals surface area contributed by atoms with Crippen LogP contribution >= 0.6 is 0 Å². The highest BCUT2D eigenvalue weighted by atomic mass is 16.5. The summed E-state index contributed by atoms with van der Waals surface area (Å²) in [7, 11) is 5.99. The predicted molar refractivity (Wildman–Crippen MR) is 79.4 cm³/mol. The molecule has 1 aromatic rings. The zero-order valence-electron chi connectivity index (χ0n) is 12.2. The molecule has 106 valence electrons. The van der Waals surface area contributed by atoms with E-state index in [1.165, 1.54) is 18.4 Å². The third-order valence-corrected chi connectivity index (χ3v) is 3.96. The molecule has 4 nitrogen and oxygen atoms in total. The number of ether oxygens (including phenoxy) is 1. The summed E-state index contributed by atoms with van der Waals surface area (Å²) in [6.07, 6.45) is 2.56. The van der Waals surface area contributed by atoms with E-state index in [9.17, 15) is 0 Å². The maximum atomic E-state index is 6.09. The average Bonchev–Trinajstić information content (AvgIpc) is 2.41. The van der Waals surface area contributed by atoms with E-state index in [0.29, 0.717) is 6.04 Å². The van der Waals surface area contributed by atoms with E-state index in [4.69, 9.17) is 10.5 Å². The van der Waals surface area contributed by atoms with Gasteiger partial charge in [0, 0.05) is 30.9 Å². The summed E-state index contributed by atoms with van der Waals surface area (Å²) >= 11 is 0. The molecule has 19 heavy (non-hydrogen) atoms. The van der Waals surface area contributed by atoms with Gasteiger partial charge < -0.3 is 15.4 Å². The Hall–Kier alpha value is -1.26. The van der Waals surface area contributed by atoms with Crippen LogP contribution in [0, 0.1) is 0 Å². The lowest BCUT2D eigenvalue weighted by Crippen LogP contribution is -2.44. The Kier molecular flexibility index (Phi) is 4.66. The zero-order chi connectivity index (χ0) is 13.8. The Labute approximate surface area is 116 Å². The molecule has 1 heterocycles. The Balaban J connectivity index is 2.00. The second-order valence-electron chi connectivity index (χ2n) is 5.56. The largest absolute Gasteiger partial charge is 0.497 e. The molecule has 2 N–H and O–H groups in total. The van der Waals surface area contributed by atoms with Gasteiger partial charge in [-0.3, -0.25) is 4.90 Å². The summed E-state index contributed by atoms with van der Waals surface area (Å²) in [5.41, 5.74) is 8.11. The van der Waals surface area contributed by atoms with Crippen molar-refractivity contribution in [2.45, 2.75) is 25.4 Å². The number of piperidine rings is 1. The van der Waals surface area contributed by atoms with E-state index in [-0.39, 0.29) is 0 Å². The van der Waals surface area contributed by atoms with Gasteiger partial charge in [0.1, 0.15) is 5.75 Å². The minimum absolute atomic E-state index is 0.660. The van der Waals surface area contributed by atoms with Gasteiger partial charge in [0.05, 0.1) is 7.11 Å². The van der Waals surface area contributed by atoms with E-state index in [2.05, 4.69) is 30.0 Å². The van der Waals surface area contributed by atoms with Crippen molar-refractivity contribution in [1.29, 1.82) is 0 Å². The molecule has 1 saturated heterocycles. The number of rotatable bonds is 4. The van der Waals surface area contributed by atoms with Gasteiger partial charge in [-0.15, -0.1) is 0 Å². The molecular formula is C15H25N3O. The Morgan fingerprint density at radius 1 is 1.42 bits per heavy atom. The van der Waals surface area contributed by atoms with Crippen LogP contribution in [0.1, 0.15) is 18.4 Å². The topological polar surface area (TPSA) is 41.7 Å². The molecule has 1 aromatic carbocycles. The van der Waals surface area contributed by atoms with Crippen molar-refractivity contribution in [3.63, 3.8) is 0 Å². The molecule has 1 atom stereocenters. The highest BCUT2D eigenvalue weighted by Crippen LogP contribution is 2.23. The van der Waals surface area contributed by atoms with Gasteiger partial charge in [-0.05, 0) is 45.1 Å². The predicted octanol–water partition coefficient (Wildman–Crippen LogP) is 1.80. The monoisotopic (exact) mass is 263 g/mol. The molecular weight excluding hydrogens is 238 g/mol. The van der Waals surface area contributed by atoms with Crippen LogP contribution in [0.2, 0.25) is 0 Å². The number of methoxy groups -OCH3 is 1. The molecule has 0 saturated carbocycles. The summed E-state index contributed by atoms with van der Waals surface area (Å²) in [4.78, 5) is 4.82. The van der Waals surface area contributed by atoms with Crippen molar-refractivity contribution in [3.05, 3.63) is 23.8 Å². The van der Waals surface area contributed by atoms with Gasteiger partial charge in [-0.2, -0.15) is 0 Å². The third kappa shape index (κ3) is 3.61. The molecule has 0 bridgehead atoms. The molecule has 1 aliphatic heterocycles. The van der Waals surface area contributed by atoms with E-state index >= 15 is 0 Å². The first kappa shape index (κ1) is 14.2. The fourth-order valence-electron chi connectivity index (χ4n) is 2.68. The number of nitrogen functional groups attached to an aromatic ring is 1. The van der Waals surface area contributed by atoms with Crippen LogP contribution < -0.4 is 10.5 Å². The average molecular weight is 263 g/mol. The number of anilines is 1. The van der Waals surface area contributed by atoms with Crippen LogP contribution in [0.4, 0.5) is 5.69 Å². The second-order valence-corrected chi connectivity index (χ2v) is 5.56. The summed E-state index contributed by atoms with van der Waals surface area (Å²) in [6.45, 7) is 3.22. The molecule has 0 amide bonds. The maximum absolute atomic E-state index is 6.09. The third-order valence-electron chi connectivity index (χ3n) is 3.96. The van der Waals surface area contributed by atoms with Gasteiger partial charge >= 0.3 is 0 Å². The van der Waals surface area contributed by atoms with Crippen molar-refractivity contribution in [2.75, 3.05) is 40.0 Å². The van der Waals surface area contributed by atoms with E-state index in [0.717, 1.165) is 31.1 Å². The molecule has 0 aromatic heterocycles. The van der Waals surface area contributed by atoms with Crippen LogP contribution in [0.5, 0.6) is 5.75 Å². The van der Waals surface area contributed by atoms with Crippen LogP contribution in [-0.2, 0) is 6.54 Å². The van der Waals surface area contributed by atoms with E-state index in [1.54, 1.807) is 7.11 Å². The Morgan fingerprint density at radius 2 is 2.21 bits per heavy atom. The maximum Gasteiger partial charge on any atom is 0.120 e. The molecule has 0 aliphatic carbocycles. The number of likely N-dealkylation sites (N-methyl/N-ethyl adjacent to an activating group) is 1. The highest BCUT2D eigenvalue weighted by Gasteiger charge is 2.21. The fourth-order valence-corrected chi connectivity index (χ4v) is 2.68. The molecule has 1 aliphatic rings. The quantitative estimate of drug-likeness (QED) is 0.841. The fraction of sp³-hybridized carbons (Fsp3) is 0.600. The normalized spacial score (nSPS) is 20.7. The summed E-state index contributed by atoms with van der Waals surface area (Å²) < 4.78 is 5.19. The summed E-state index contributed by atoms with van der Waals surface area (Å²) in [5.74, 6) is 0.825. The molecule has 4 heteroatoms. The zero-order valence-corrected chi connectivity index (χ0v) is 12.2. The number of hydrogen-bond acceptors (Lipinski definition) is 4. The first-order chi connectivity index (χ1) is 9.10. The van der Waals surface area contributed by atoms with Crippen LogP contribution in [0.25, 0.3) is 0 Å². The van der Waals surface area contributed by atoms with Gasteiger partial charge in [0.25, 0.3) is 0 Å². The molecule has 1 unspecified atom stereocenters. The molecule has 0 radical (unpaired) electrons. The smallest absolute Gasteiger partial charge is 0.120 e. The van der Waals surface area contributed by atoms with Gasteiger partial charge in [0.15, 0.2) is 0 Å². The van der Waals surface area contributed by atoms with Crippen molar-refractivity contribution in [2.24, 2.45) is 0 Å². The Morgan fingerprint density at radius 3 is 2.84 bits per heavy atom. The molecule has 0 spiro atoms. The van der Waals surface area contributed by atoms with Crippen molar-refractivity contribution in [1.82, 2.24) is 9.80 Å². The van der Waals surface area contributed by atoms with Crippen molar-refractivity contribution < 1.29 is 4.74 Å². The van der Waals surface area contributed by atoms with Crippen molar-refractivity contribution >= 4 is 5.69 Å². The number of nitrogens with zero attached hydrogens (tertiary/aromatic N) is 2. The van der Waals surface area contributed by atoms with Crippen LogP contribution in [0.15, 0.2) is 18.2 Å². The van der Waals surface area contributed by atoms with Gasteiger partial charge in [0.2, 0.25) is 0 Å². The Bertz CT molecular complexity index is 420. The minimum atomic E-state index is 0.660. The number of nitrogens with two attached hydrogens (primary N) is 1. The SMILES string of the molecule is COc1ccc(CN2CCCC(N(C)C)C2)c(N)c1. The van der Waals surface area contributed by atoms with E-state index in [1.807, 2.05) is 12.1 Å². The lowest BCUT2D eigenvalue weighted by molar-refractivity contribution is 0.128. The van der Waals surface area contributed by atoms with Gasteiger partial charge in [-0.25, -0.2) is 0 Å². The summed E-state index contributed by atoms with van der Waals surface area (Å²) in [6, 6.07) is 6.63. The molecule has 1 fully saturated rings. The highest BCUT2D eigenvalue weighted by molar-refractivity contribution is 5.51. The molecule has 2 rings (SSSR count). The van der Waals surface area contributed by atoms with Gasteiger partial charge in [-0.1, -0.05) is 6.07 Å². The standard InChI is InChI=1S/C15H25N3O/c1-17(2)13-5-4-8-18(11-13)10-12-6-7-14(19-3)9-15(12)16/h6-7,9,13H,4-5,8,10-11,16H2,1-3H3. The first-order valence-electron chi connectivity index (χ1n) is 6.91. The van der Waals surface area contributed by atoms with Crippen molar-refractivity contribution in [3.8, 4) is 5.75 Å².